The molecular formula is C15H19NO3. The van der Waals surface area contributed by atoms with Crippen LogP contribution in [0.25, 0.3) is 0 Å². The molecule has 1 rings (SSSR count). The molecule has 0 aliphatic heterocycles. The SMILES string of the molecule is C=C(C)C(N)=O.C=CC(=O)OC(C)c1ccccc1. The molecule has 1 atom stereocenters. The van der Waals surface area contributed by atoms with Gasteiger partial charge >= 0.3 is 5.97 Å². The van der Waals surface area contributed by atoms with Crippen molar-refractivity contribution in [2.45, 2.75) is 20.0 Å². The van der Waals surface area contributed by atoms with Crippen LogP contribution >= 0.6 is 0 Å². The standard InChI is InChI=1S/C11H12O2.C4H7NO/c1-3-11(12)13-9(2)10-7-5-4-6-8-10;1-3(2)4(5)6/h3-9H,1H2,2H3;1H2,2H3,(H2,5,6). The monoisotopic (exact) mass is 261 g/mol. The Bertz CT molecular complexity index is 440. The van der Waals surface area contributed by atoms with Crippen molar-refractivity contribution >= 4 is 11.9 Å². The Morgan fingerprint density at radius 2 is 1.79 bits per heavy atom. The summed E-state index contributed by atoms with van der Waals surface area (Å²) in [6.07, 6.45) is 0.950. The van der Waals surface area contributed by atoms with Crippen molar-refractivity contribution < 1.29 is 14.3 Å². The molecule has 102 valence electrons. The maximum absolute atomic E-state index is 10.9. The lowest BCUT2D eigenvalue weighted by molar-refractivity contribution is -0.142. The van der Waals surface area contributed by atoms with Crippen LogP contribution in [0.15, 0.2) is 55.1 Å². The van der Waals surface area contributed by atoms with Crippen LogP contribution in [-0.4, -0.2) is 11.9 Å². The smallest absolute Gasteiger partial charge is 0.330 e. The third-order valence-electron chi connectivity index (χ3n) is 2.15. The fourth-order valence-corrected chi connectivity index (χ4v) is 1.01. The van der Waals surface area contributed by atoms with E-state index in [1.165, 1.54) is 6.08 Å². The Kier molecular flexibility index (Phi) is 7.61. The summed E-state index contributed by atoms with van der Waals surface area (Å²) in [5.41, 5.74) is 6.08. The predicted octanol–water partition coefficient (Wildman–Crippen LogP) is 2.52. The van der Waals surface area contributed by atoms with Gasteiger partial charge < -0.3 is 10.5 Å². The van der Waals surface area contributed by atoms with Gasteiger partial charge in [-0.15, -0.1) is 0 Å². The van der Waals surface area contributed by atoms with Gasteiger partial charge in [0.1, 0.15) is 6.10 Å². The maximum atomic E-state index is 10.9. The molecule has 1 aromatic rings. The van der Waals surface area contributed by atoms with Crippen molar-refractivity contribution in [2.24, 2.45) is 5.73 Å². The van der Waals surface area contributed by atoms with Gasteiger partial charge in [0.2, 0.25) is 5.91 Å². The van der Waals surface area contributed by atoms with Crippen molar-refractivity contribution in [3.8, 4) is 0 Å². The second-order valence-electron chi connectivity index (χ2n) is 3.84. The summed E-state index contributed by atoms with van der Waals surface area (Å²) in [5.74, 6) is -0.827. The van der Waals surface area contributed by atoms with Crippen LogP contribution in [0.2, 0.25) is 0 Å². The first-order chi connectivity index (χ1) is 8.88. The number of hydrogen-bond acceptors (Lipinski definition) is 3. The van der Waals surface area contributed by atoms with Crippen LogP contribution in [0.5, 0.6) is 0 Å². The highest BCUT2D eigenvalue weighted by atomic mass is 16.5. The van der Waals surface area contributed by atoms with Gasteiger partial charge in [-0.1, -0.05) is 43.5 Å². The highest BCUT2D eigenvalue weighted by molar-refractivity contribution is 5.90. The summed E-state index contributed by atoms with van der Waals surface area (Å²) in [7, 11) is 0. The molecule has 0 saturated heterocycles. The first-order valence-corrected chi connectivity index (χ1v) is 5.71. The highest BCUT2D eigenvalue weighted by Crippen LogP contribution is 2.15. The van der Waals surface area contributed by atoms with E-state index in [1.807, 2.05) is 37.3 Å². The average Bonchev–Trinajstić information content (AvgIpc) is 2.40. The lowest BCUT2D eigenvalue weighted by Crippen LogP contribution is -2.10. The van der Waals surface area contributed by atoms with E-state index in [-0.39, 0.29) is 6.10 Å². The zero-order chi connectivity index (χ0) is 14.8. The zero-order valence-electron chi connectivity index (χ0n) is 11.3. The molecule has 0 radical (unpaired) electrons. The fraction of sp³-hybridized carbons (Fsp3) is 0.200. The lowest BCUT2D eigenvalue weighted by Gasteiger charge is -2.11. The van der Waals surface area contributed by atoms with E-state index >= 15 is 0 Å². The number of hydrogen-bond donors (Lipinski definition) is 1. The number of nitrogens with two attached hydrogens (primary N) is 1. The first kappa shape index (κ1) is 16.6. The minimum Gasteiger partial charge on any atom is -0.455 e. The summed E-state index contributed by atoms with van der Waals surface area (Å²) in [5, 5.41) is 0. The van der Waals surface area contributed by atoms with E-state index < -0.39 is 11.9 Å². The number of primary amides is 1. The topological polar surface area (TPSA) is 69.4 Å². The Labute approximate surface area is 113 Å². The van der Waals surface area contributed by atoms with Crippen LogP contribution in [0, 0.1) is 0 Å². The number of carbonyl (C=O) groups excluding carboxylic acids is 2. The molecule has 4 heteroatoms. The Morgan fingerprint density at radius 3 is 2.16 bits per heavy atom. The van der Waals surface area contributed by atoms with Gasteiger partial charge in [0, 0.05) is 11.6 Å². The van der Waals surface area contributed by atoms with Crippen molar-refractivity contribution in [1.82, 2.24) is 0 Å². The first-order valence-electron chi connectivity index (χ1n) is 5.71. The minimum atomic E-state index is -0.435. The summed E-state index contributed by atoms with van der Waals surface area (Å²) in [6.45, 7) is 10.0. The molecule has 0 bridgehead atoms. The van der Waals surface area contributed by atoms with Crippen molar-refractivity contribution in [3.63, 3.8) is 0 Å². The Morgan fingerprint density at radius 1 is 1.32 bits per heavy atom. The highest BCUT2D eigenvalue weighted by Gasteiger charge is 2.07. The van der Waals surface area contributed by atoms with E-state index in [2.05, 4.69) is 13.2 Å². The van der Waals surface area contributed by atoms with E-state index in [0.717, 1.165) is 5.56 Å². The third-order valence-corrected chi connectivity index (χ3v) is 2.15. The van der Waals surface area contributed by atoms with Gasteiger partial charge in [-0.2, -0.15) is 0 Å². The molecule has 1 unspecified atom stereocenters. The molecular weight excluding hydrogens is 242 g/mol. The number of amides is 1. The van der Waals surface area contributed by atoms with Crippen LogP contribution in [0.3, 0.4) is 0 Å². The minimum absolute atomic E-state index is 0.216. The molecule has 0 saturated carbocycles. The molecule has 0 fully saturated rings. The number of carbonyl (C=O) groups is 2. The lowest BCUT2D eigenvalue weighted by atomic mass is 10.1. The van der Waals surface area contributed by atoms with Crippen LogP contribution in [0.1, 0.15) is 25.5 Å². The van der Waals surface area contributed by atoms with E-state index in [1.54, 1.807) is 6.92 Å². The van der Waals surface area contributed by atoms with Gasteiger partial charge in [0.15, 0.2) is 0 Å². The Hall–Kier alpha value is -2.36. The quantitative estimate of drug-likeness (QED) is 0.668. The fourth-order valence-electron chi connectivity index (χ4n) is 1.01. The van der Waals surface area contributed by atoms with Gasteiger partial charge in [0.05, 0.1) is 0 Å². The summed E-state index contributed by atoms with van der Waals surface area (Å²) in [4.78, 5) is 20.7. The normalized spacial score (nSPS) is 10.4. The van der Waals surface area contributed by atoms with Gasteiger partial charge in [-0.25, -0.2) is 4.79 Å². The molecule has 2 N–H and O–H groups in total. The summed E-state index contributed by atoms with van der Waals surface area (Å²) >= 11 is 0. The molecule has 19 heavy (non-hydrogen) atoms. The van der Waals surface area contributed by atoms with Gasteiger partial charge in [-0.3, -0.25) is 4.79 Å². The summed E-state index contributed by atoms with van der Waals surface area (Å²) < 4.78 is 5.03. The number of esters is 1. The van der Waals surface area contributed by atoms with Crippen LogP contribution < -0.4 is 5.73 Å². The average molecular weight is 261 g/mol. The van der Waals surface area contributed by atoms with Crippen molar-refractivity contribution in [1.29, 1.82) is 0 Å². The number of benzene rings is 1. The van der Waals surface area contributed by atoms with Crippen molar-refractivity contribution in [2.75, 3.05) is 0 Å². The Balaban J connectivity index is 0.000000459. The van der Waals surface area contributed by atoms with Crippen LogP contribution in [0.4, 0.5) is 0 Å². The van der Waals surface area contributed by atoms with E-state index in [4.69, 9.17) is 10.5 Å². The van der Waals surface area contributed by atoms with E-state index in [0.29, 0.717) is 5.57 Å². The summed E-state index contributed by atoms with van der Waals surface area (Å²) in [6, 6.07) is 9.58. The van der Waals surface area contributed by atoms with Gasteiger partial charge in [0.25, 0.3) is 0 Å². The molecule has 1 amide bonds. The predicted molar refractivity (Wildman–Crippen MR) is 75.2 cm³/mol. The molecule has 1 aromatic carbocycles. The van der Waals surface area contributed by atoms with Crippen LogP contribution in [-0.2, 0) is 14.3 Å². The van der Waals surface area contributed by atoms with Gasteiger partial charge in [-0.05, 0) is 19.4 Å². The van der Waals surface area contributed by atoms with Crippen molar-refractivity contribution in [3.05, 3.63) is 60.7 Å². The second kappa shape index (κ2) is 8.69. The molecule has 4 nitrogen and oxygen atoms in total. The van der Waals surface area contributed by atoms with E-state index in [9.17, 15) is 9.59 Å². The molecule has 0 aliphatic rings. The second-order valence-corrected chi connectivity index (χ2v) is 3.84. The molecule has 0 aromatic heterocycles. The number of rotatable bonds is 4. The zero-order valence-corrected chi connectivity index (χ0v) is 11.3. The molecule has 0 heterocycles. The number of ether oxygens (including phenoxy) is 1. The largest absolute Gasteiger partial charge is 0.455 e. The maximum Gasteiger partial charge on any atom is 0.330 e. The molecule has 0 aliphatic carbocycles. The molecule has 0 spiro atoms. The third kappa shape index (κ3) is 7.54.